The quantitative estimate of drug-likeness (QED) is 0.782. The number of likely N-dealkylation sites (N-methyl/N-ethyl adjacent to an activating group) is 1. The van der Waals surface area contributed by atoms with E-state index in [2.05, 4.69) is 6.92 Å². The van der Waals surface area contributed by atoms with Crippen LogP contribution in [0.2, 0.25) is 0 Å². The summed E-state index contributed by atoms with van der Waals surface area (Å²) in [6.45, 7) is 2.11. The van der Waals surface area contributed by atoms with Crippen LogP contribution >= 0.6 is 11.8 Å². The fourth-order valence-electron chi connectivity index (χ4n) is 2.54. The highest BCUT2D eigenvalue weighted by molar-refractivity contribution is 7.98. The Labute approximate surface area is 152 Å². The van der Waals surface area contributed by atoms with E-state index in [0.717, 1.165) is 22.6 Å². The highest BCUT2D eigenvalue weighted by Gasteiger charge is 2.27. The average molecular weight is 357 g/mol. The molecule has 1 amide bonds. The van der Waals surface area contributed by atoms with E-state index in [1.165, 1.54) is 4.90 Å². The van der Waals surface area contributed by atoms with E-state index < -0.39 is 12.0 Å². The Morgan fingerprint density at radius 2 is 1.68 bits per heavy atom. The number of hydrogen-bond acceptors (Lipinski definition) is 3. The van der Waals surface area contributed by atoms with Crippen LogP contribution in [-0.4, -0.2) is 40.7 Å². The van der Waals surface area contributed by atoms with Crippen LogP contribution in [0.1, 0.15) is 28.4 Å². The first-order valence-corrected chi connectivity index (χ1v) is 9.39. The van der Waals surface area contributed by atoms with Gasteiger partial charge in [0, 0.05) is 24.8 Å². The van der Waals surface area contributed by atoms with E-state index in [9.17, 15) is 14.7 Å². The molecule has 0 saturated heterocycles. The van der Waals surface area contributed by atoms with Gasteiger partial charge in [0.05, 0.1) is 0 Å². The number of hydrogen-bond donors (Lipinski definition) is 1. The van der Waals surface area contributed by atoms with Crippen molar-refractivity contribution in [1.82, 2.24) is 4.90 Å². The van der Waals surface area contributed by atoms with Gasteiger partial charge in [-0.15, -0.1) is 0 Å². The molecule has 1 N–H and O–H groups in total. The fraction of sp³-hybridized carbons (Fsp3) is 0.300. The Bertz CT molecular complexity index is 701. The third kappa shape index (κ3) is 5.36. The molecule has 2 aromatic rings. The number of rotatable bonds is 8. The lowest BCUT2D eigenvalue weighted by Crippen LogP contribution is -2.43. The van der Waals surface area contributed by atoms with Crippen molar-refractivity contribution in [3.63, 3.8) is 0 Å². The largest absolute Gasteiger partial charge is 0.480 e. The van der Waals surface area contributed by atoms with Crippen molar-refractivity contribution >= 4 is 23.6 Å². The first kappa shape index (κ1) is 19.1. The van der Waals surface area contributed by atoms with Crippen molar-refractivity contribution in [1.29, 1.82) is 0 Å². The van der Waals surface area contributed by atoms with Crippen molar-refractivity contribution < 1.29 is 14.7 Å². The van der Waals surface area contributed by atoms with Crippen molar-refractivity contribution in [2.45, 2.75) is 25.1 Å². The predicted molar refractivity (Wildman–Crippen MR) is 102 cm³/mol. The molecular formula is C20H23NO3S. The monoisotopic (exact) mass is 357 g/mol. The molecule has 0 aromatic heterocycles. The van der Waals surface area contributed by atoms with Gasteiger partial charge >= 0.3 is 5.97 Å². The SMILES string of the molecule is CCSCc1ccc(C(=O)N(C)C(Cc2ccccc2)C(=O)O)cc1. The van der Waals surface area contributed by atoms with E-state index in [4.69, 9.17) is 0 Å². The molecule has 0 aliphatic carbocycles. The summed E-state index contributed by atoms with van der Waals surface area (Å²) in [7, 11) is 1.55. The summed E-state index contributed by atoms with van der Waals surface area (Å²) in [5.41, 5.74) is 2.55. The molecule has 0 saturated carbocycles. The predicted octanol–water partition coefficient (Wildman–Crippen LogP) is 3.71. The molecular weight excluding hydrogens is 334 g/mol. The molecule has 132 valence electrons. The van der Waals surface area contributed by atoms with Gasteiger partial charge in [0.25, 0.3) is 5.91 Å². The van der Waals surface area contributed by atoms with Gasteiger partial charge in [-0.25, -0.2) is 4.79 Å². The van der Waals surface area contributed by atoms with Gasteiger partial charge in [0.15, 0.2) is 0 Å². The molecule has 0 spiro atoms. The fourth-order valence-corrected chi connectivity index (χ4v) is 3.17. The lowest BCUT2D eigenvalue weighted by atomic mass is 10.0. The van der Waals surface area contributed by atoms with Crippen molar-refractivity contribution in [2.75, 3.05) is 12.8 Å². The van der Waals surface area contributed by atoms with Gasteiger partial charge in [-0.05, 0) is 29.0 Å². The van der Waals surface area contributed by atoms with Gasteiger partial charge < -0.3 is 10.0 Å². The van der Waals surface area contributed by atoms with Crippen molar-refractivity contribution in [3.8, 4) is 0 Å². The molecule has 25 heavy (non-hydrogen) atoms. The normalized spacial score (nSPS) is 11.8. The average Bonchev–Trinajstić information content (AvgIpc) is 2.64. The second-order valence-electron chi connectivity index (χ2n) is 5.79. The molecule has 0 heterocycles. The second-order valence-corrected chi connectivity index (χ2v) is 7.07. The minimum absolute atomic E-state index is 0.280. The molecule has 1 unspecified atom stereocenters. The number of amides is 1. The van der Waals surface area contributed by atoms with E-state index in [1.54, 1.807) is 19.2 Å². The maximum atomic E-state index is 12.7. The lowest BCUT2D eigenvalue weighted by molar-refractivity contribution is -0.141. The molecule has 2 rings (SSSR count). The highest BCUT2D eigenvalue weighted by atomic mass is 32.2. The maximum absolute atomic E-state index is 12.7. The van der Waals surface area contributed by atoms with Crippen LogP contribution in [0.15, 0.2) is 54.6 Å². The van der Waals surface area contributed by atoms with Crippen LogP contribution < -0.4 is 0 Å². The van der Waals surface area contributed by atoms with Crippen LogP contribution in [0.25, 0.3) is 0 Å². The molecule has 5 heteroatoms. The number of carbonyl (C=O) groups excluding carboxylic acids is 1. The van der Waals surface area contributed by atoms with Gasteiger partial charge in [0.2, 0.25) is 0 Å². The van der Waals surface area contributed by atoms with Gasteiger partial charge in [-0.1, -0.05) is 49.4 Å². The molecule has 2 aromatic carbocycles. The molecule has 0 aliphatic rings. The number of benzene rings is 2. The Kier molecular flexibility index (Phi) is 7.07. The standard InChI is InChI=1S/C20H23NO3S/c1-3-25-14-16-9-11-17(12-10-16)19(22)21(2)18(20(23)24)13-15-7-5-4-6-8-15/h4-12,18H,3,13-14H2,1-2H3,(H,23,24). The van der Waals surface area contributed by atoms with Gasteiger partial charge in [0.1, 0.15) is 6.04 Å². The van der Waals surface area contributed by atoms with E-state index in [0.29, 0.717) is 5.56 Å². The Morgan fingerprint density at radius 3 is 2.24 bits per heavy atom. The maximum Gasteiger partial charge on any atom is 0.326 e. The first-order valence-electron chi connectivity index (χ1n) is 8.23. The summed E-state index contributed by atoms with van der Waals surface area (Å²) in [6, 6.07) is 15.8. The van der Waals surface area contributed by atoms with Gasteiger partial charge in [-0.3, -0.25) is 4.79 Å². The molecule has 0 bridgehead atoms. The zero-order valence-corrected chi connectivity index (χ0v) is 15.3. The summed E-state index contributed by atoms with van der Waals surface area (Å²) in [5, 5.41) is 9.55. The molecule has 0 radical (unpaired) electrons. The number of carboxylic acid groups (broad SMARTS) is 1. The Balaban J connectivity index is 2.11. The number of nitrogens with zero attached hydrogens (tertiary/aromatic N) is 1. The Morgan fingerprint density at radius 1 is 1.04 bits per heavy atom. The number of carbonyl (C=O) groups is 2. The smallest absolute Gasteiger partial charge is 0.326 e. The molecule has 4 nitrogen and oxygen atoms in total. The van der Waals surface area contributed by atoms with Crippen molar-refractivity contribution in [2.24, 2.45) is 0 Å². The number of carboxylic acids is 1. The van der Waals surface area contributed by atoms with Crippen LogP contribution in [0.3, 0.4) is 0 Å². The van der Waals surface area contributed by atoms with Crippen molar-refractivity contribution in [3.05, 3.63) is 71.3 Å². The van der Waals surface area contributed by atoms with E-state index in [-0.39, 0.29) is 12.3 Å². The Hall–Kier alpha value is -2.27. The zero-order valence-electron chi connectivity index (χ0n) is 14.5. The van der Waals surface area contributed by atoms with Crippen LogP contribution in [0, 0.1) is 0 Å². The summed E-state index contributed by atoms with van der Waals surface area (Å²) < 4.78 is 0. The second kappa shape index (κ2) is 9.28. The van der Waals surface area contributed by atoms with E-state index in [1.807, 2.05) is 54.2 Å². The van der Waals surface area contributed by atoms with Crippen LogP contribution in [0.4, 0.5) is 0 Å². The first-order chi connectivity index (χ1) is 12.0. The third-order valence-electron chi connectivity index (χ3n) is 4.02. The summed E-state index contributed by atoms with van der Waals surface area (Å²) >= 11 is 1.82. The third-order valence-corrected chi connectivity index (χ3v) is 4.96. The lowest BCUT2D eigenvalue weighted by Gasteiger charge is -2.25. The van der Waals surface area contributed by atoms with Crippen LogP contribution in [-0.2, 0) is 17.0 Å². The zero-order chi connectivity index (χ0) is 18.2. The minimum Gasteiger partial charge on any atom is -0.480 e. The molecule has 0 fully saturated rings. The van der Waals surface area contributed by atoms with Gasteiger partial charge in [-0.2, -0.15) is 11.8 Å². The number of thioether (sulfide) groups is 1. The summed E-state index contributed by atoms with van der Waals surface area (Å²) in [5.74, 6) is 0.671. The molecule has 0 aliphatic heterocycles. The van der Waals surface area contributed by atoms with Crippen LogP contribution in [0.5, 0.6) is 0 Å². The minimum atomic E-state index is -1.00. The molecule has 1 atom stereocenters. The summed E-state index contributed by atoms with van der Waals surface area (Å²) in [6.07, 6.45) is 0.281. The highest BCUT2D eigenvalue weighted by Crippen LogP contribution is 2.16. The summed E-state index contributed by atoms with van der Waals surface area (Å²) in [4.78, 5) is 25.6. The van der Waals surface area contributed by atoms with E-state index >= 15 is 0 Å². The topological polar surface area (TPSA) is 57.6 Å². The number of aliphatic carboxylic acids is 1.